The maximum absolute atomic E-state index is 12.7. The molecular weight excluding hydrogens is 288 g/mol. The van der Waals surface area contributed by atoms with Gasteiger partial charge in [-0.2, -0.15) is 0 Å². The van der Waals surface area contributed by atoms with E-state index in [1.54, 1.807) is 7.11 Å². The minimum atomic E-state index is -0.534. The van der Waals surface area contributed by atoms with Crippen molar-refractivity contribution in [2.75, 3.05) is 18.6 Å². The van der Waals surface area contributed by atoms with Gasteiger partial charge >= 0.3 is 0 Å². The number of ether oxygens (including phenoxy) is 1. The van der Waals surface area contributed by atoms with Gasteiger partial charge in [0, 0.05) is 12.2 Å². The number of para-hydroxylation sites is 1. The van der Waals surface area contributed by atoms with Gasteiger partial charge in [-0.3, -0.25) is 4.79 Å². The minimum absolute atomic E-state index is 0.00910. The van der Waals surface area contributed by atoms with Gasteiger partial charge in [0.1, 0.15) is 5.75 Å². The molecule has 1 atom stereocenters. The monoisotopic (exact) mass is 310 g/mol. The number of amides is 1. The molecule has 0 saturated heterocycles. The number of aryl methyl sites for hydroxylation is 1. The third-order valence-corrected chi connectivity index (χ3v) is 4.46. The van der Waals surface area contributed by atoms with Gasteiger partial charge in [0.05, 0.1) is 13.2 Å². The number of anilines is 1. The molecule has 1 unspecified atom stereocenters. The minimum Gasteiger partial charge on any atom is -0.497 e. The van der Waals surface area contributed by atoms with Crippen molar-refractivity contribution in [2.45, 2.75) is 25.8 Å². The van der Waals surface area contributed by atoms with Crippen LogP contribution in [0.5, 0.6) is 5.75 Å². The first kappa shape index (κ1) is 15.6. The molecule has 0 bridgehead atoms. The average Bonchev–Trinajstić information content (AvgIpc) is 2.99. The van der Waals surface area contributed by atoms with Crippen LogP contribution in [0.3, 0.4) is 0 Å². The largest absolute Gasteiger partial charge is 0.497 e. The molecule has 0 aromatic heterocycles. The van der Waals surface area contributed by atoms with Gasteiger partial charge in [-0.1, -0.05) is 24.3 Å². The Kier molecular flexibility index (Phi) is 4.35. The Labute approximate surface area is 136 Å². The van der Waals surface area contributed by atoms with Crippen molar-refractivity contribution < 1.29 is 9.53 Å². The lowest BCUT2D eigenvalue weighted by Crippen LogP contribution is -2.44. The molecule has 0 radical (unpaired) electrons. The number of methoxy groups -OCH3 is 1. The highest BCUT2D eigenvalue weighted by molar-refractivity contribution is 5.99. The van der Waals surface area contributed by atoms with Crippen LogP contribution in [0.2, 0.25) is 0 Å². The summed E-state index contributed by atoms with van der Waals surface area (Å²) >= 11 is 0. The van der Waals surface area contributed by atoms with Gasteiger partial charge in [0.15, 0.2) is 0 Å². The van der Waals surface area contributed by atoms with Gasteiger partial charge < -0.3 is 15.4 Å². The summed E-state index contributed by atoms with van der Waals surface area (Å²) in [5, 5.41) is 0. The van der Waals surface area contributed by atoms with Crippen LogP contribution in [0.4, 0.5) is 5.69 Å². The molecule has 1 heterocycles. The lowest BCUT2D eigenvalue weighted by molar-refractivity contribution is -0.119. The Morgan fingerprint density at radius 2 is 2.09 bits per heavy atom. The second-order valence-corrected chi connectivity index (χ2v) is 5.97. The van der Waals surface area contributed by atoms with E-state index in [0.717, 1.165) is 29.0 Å². The van der Waals surface area contributed by atoms with Crippen LogP contribution in [0, 0.1) is 6.92 Å². The number of fused-ring (bicyclic) bond motifs is 1. The van der Waals surface area contributed by atoms with E-state index < -0.39 is 6.04 Å². The zero-order valence-corrected chi connectivity index (χ0v) is 13.6. The van der Waals surface area contributed by atoms with Crippen LogP contribution in [-0.2, 0) is 17.6 Å². The summed E-state index contributed by atoms with van der Waals surface area (Å²) in [6, 6.07) is 13.4. The summed E-state index contributed by atoms with van der Waals surface area (Å²) in [5.74, 6) is 0.810. The van der Waals surface area contributed by atoms with E-state index in [1.165, 1.54) is 5.56 Å². The number of hydrogen-bond donors (Lipinski definition) is 1. The molecule has 0 saturated carbocycles. The van der Waals surface area contributed by atoms with E-state index in [2.05, 4.69) is 6.07 Å². The highest BCUT2D eigenvalue weighted by Gasteiger charge is 2.28. The van der Waals surface area contributed by atoms with Crippen LogP contribution in [0.25, 0.3) is 0 Å². The molecule has 2 N–H and O–H groups in total. The molecule has 0 spiro atoms. The Balaban J connectivity index is 1.74. The van der Waals surface area contributed by atoms with Crippen molar-refractivity contribution in [3.05, 3.63) is 59.2 Å². The number of carbonyl (C=O) groups is 1. The molecule has 2 aromatic carbocycles. The quantitative estimate of drug-likeness (QED) is 0.944. The Bertz CT molecular complexity index is 727. The first-order valence-electron chi connectivity index (χ1n) is 7.88. The van der Waals surface area contributed by atoms with Crippen molar-refractivity contribution in [1.82, 2.24) is 0 Å². The van der Waals surface area contributed by atoms with E-state index >= 15 is 0 Å². The number of carbonyl (C=O) groups excluding carboxylic acids is 1. The summed E-state index contributed by atoms with van der Waals surface area (Å²) in [5.41, 5.74) is 10.6. The number of hydrogen-bond acceptors (Lipinski definition) is 3. The number of benzene rings is 2. The highest BCUT2D eigenvalue weighted by atomic mass is 16.5. The Hall–Kier alpha value is -2.33. The van der Waals surface area contributed by atoms with Crippen molar-refractivity contribution >= 4 is 11.6 Å². The highest BCUT2D eigenvalue weighted by Crippen LogP contribution is 2.28. The first-order valence-corrected chi connectivity index (χ1v) is 7.88. The van der Waals surface area contributed by atoms with E-state index in [-0.39, 0.29) is 5.91 Å². The smallest absolute Gasteiger partial charge is 0.244 e. The molecule has 1 amide bonds. The van der Waals surface area contributed by atoms with Crippen molar-refractivity contribution in [3.8, 4) is 5.75 Å². The summed E-state index contributed by atoms with van der Waals surface area (Å²) < 4.78 is 5.22. The fraction of sp³-hybridized carbons (Fsp3) is 0.316. The first-order chi connectivity index (χ1) is 11.1. The second-order valence-electron chi connectivity index (χ2n) is 5.97. The number of nitrogens with zero attached hydrogens (tertiary/aromatic N) is 1. The average molecular weight is 310 g/mol. The molecule has 1 aliphatic heterocycles. The maximum Gasteiger partial charge on any atom is 0.244 e. The van der Waals surface area contributed by atoms with Crippen molar-refractivity contribution in [2.24, 2.45) is 5.73 Å². The zero-order chi connectivity index (χ0) is 16.4. The normalized spacial score (nSPS) is 14.5. The predicted octanol–water partition coefficient (Wildman–Crippen LogP) is 2.46. The Morgan fingerprint density at radius 3 is 2.83 bits per heavy atom. The SMILES string of the molecule is COc1ccc(CC(N)C(=O)N2CCc3ccccc32)c(C)c1. The van der Waals surface area contributed by atoms with Crippen molar-refractivity contribution in [1.29, 1.82) is 0 Å². The third-order valence-electron chi connectivity index (χ3n) is 4.46. The molecule has 0 aliphatic carbocycles. The van der Waals surface area contributed by atoms with Gasteiger partial charge in [-0.25, -0.2) is 0 Å². The second kappa shape index (κ2) is 6.42. The molecule has 4 heteroatoms. The zero-order valence-electron chi connectivity index (χ0n) is 13.6. The number of nitrogens with two attached hydrogens (primary N) is 1. The molecule has 4 nitrogen and oxygen atoms in total. The van der Waals surface area contributed by atoms with Crippen LogP contribution < -0.4 is 15.4 Å². The van der Waals surface area contributed by atoms with Crippen LogP contribution >= 0.6 is 0 Å². The molecule has 23 heavy (non-hydrogen) atoms. The molecule has 0 fully saturated rings. The lowest BCUT2D eigenvalue weighted by atomic mass is 10.0. The lowest BCUT2D eigenvalue weighted by Gasteiger charge is -2.22. The topological polar surface area (TPSA) is 55.6 Å². The van der Waals surface area contributed by atoms with Crippen LogP contribution in [-0.4, -0.2) is 25.6 Å². The summed E-state index contributed by atoms with van der Waals surface area (Å²) in [4.78, 5) is 14.5. The number of rotatable bonds is 4. The molecule has 1 aliphatic rings. The van der Waals surface area contributed by atoms with Crippen molar-refractivity contribution in [3.63, 3.8) is 0 Å². The fourth-order valence-corrected chi connectivity index (χ4v) is 3.12. The fourth-order valence-electron chi connectivity index (χ4n) is 3.12. The van der Waals surface area contributed by atoms with Gasteiger partial charge in [0.2, 0.25) is 5.91 Å². The van der Waals surface area contributed by atoms with E-state index in [1.807, 2.05) is 48.2 Å². The van der Waals surface area contributed by atoms with Gasteiger partial charge in [-0.15, -0.1) is 0 Å². The Morgan fingerprint density at radius 1 is 1.30 bits per heavy atom. The van der Waals surface area contributed by atoms with E-state index in [0.29, 0.717) is 13.0 Å². The van der Waals surface area contributed by atoms with Gasteiger partial charge in [-0.05, 0) is 54.7 Å². The summed E-state index contributed by atoms with van der Waals surface area (Å²) in [6.45, 7) is 2.73. The maximum atomic E-state index is 12.7. The third kappa shape index (κ3) is 3.08. The standard InChI is InChI=1S/C19H22N2O2/c1-13-11-16(23-2)8-7-15(13)12-17(20)19(22)21-10-9-14-5-3-4-6-18(14)21/h3-8,11,17H,9-10,12,20H2,1-2H3. The molecule has 120 valence electrons. The summed E-state index contributed by atoms with van der Waals surface area (Å²) in [6.07, 6.45) is 1.43. The van der Waals surface area contributed by atoms with E-state index in [9.17, 15) is 4.79 Å². The molecular formula is C19H22N2O2. The molecule has 3 rings (SSSR count). The van der Waals surface area contributed by atoms with Gasteiger partial charge in [0.25, 0.3) is 0 Å². The summed E-state index contributed by atoms with van der Waals surface area (Å²) in [7, 11) is 1.65. The predicted molar refractivity (Wildman–Crippen MR) is 91.9 cm³/mol. The van der Waals surface area contributed by atoms with E-state index in [4.69, 9.17) is 10.5 Å². The molecule has 2 aromatic rings. The van der Waals surface area contributed by atoms with Crippen LogP contribution in [0.15, 0.2) is 42.5 Å². The van der Waals surface area contributed by atoms with Crippen LogP contribution in [0.1, 0.15) is 16.7 Å².